The number of para-hydroxylation sites is 1. The van der Waals surface area contributed by atoms with Crippen LogP contribution in [0.2, 0.25) is 0 Å². The van der Waals surface area contributed by atoms with Gasteiger partial charge in [-0.05, 0) is 38.3 Å². The predicted octanol–water partition coefficient (Wildman–Crippen LogP) is 1.47. The summed E-state index contributed by atoms with van der Waals surface area (Å²) < 4.78 is 19.9. The second-order valence-electron chi connectivity index (χ2n) is 9.01. The number of ether oxygens (including phenoxy) is 2. The molecule has 0 spiro atoms. The minimum absolute atomic E-state index is 0.253. The zero-order valence-electron chi connectivity index (χ0n) is 20.2. The molecule has 3 atom stereocenters. The number of unbranched alkanes of at least 4 members (excludes halogenated alkanes) is 1. The summed E-state index contributed by atoms with van der Waals surface area (Å²) >= 11 is 0. The first-order valence-corrected chi connectivity index (χ1v) is 12.1. The summed E-state index contributed by atoms with van der Waals surface area (Å²) in [6.07, 6.45) is 4.63. The molecular formula is C25H27N5O7. The van der Waals surface area contributed by atoms with Crippen molar-refractivity contribution in [3.05, 3.63) is 85.2 Å². The molecule has 0 unspecified atom stereocenters. The first-order chi connectivity index (χ1) is 17.9. The van der Waals surface area contributed by atoms with Crippen LogP contribution in [0.15, 0.2) is 61.5 Å². The van der Waals surface area contributed by atoms with Crippen molar-refractivity contribution in [2.24, 2.45) is 0 Å². The zero-order valence-corrected chi connectivity index (χ0v) is 20.2. The van der Waals surface area contributed by atoms with Crippen molar-refractivity contribution in [2.75, 3.05) is 13.2 Å². The molecule has 1 aliphatic rings. The molecule has 0 bridgehead atoms. The van der Waals surface area contributed by atoms with Crippen LogP contribution in [0.3, 0.4) is 0 Å². The summed E-state index contributed by atoms with van der Waals surface area (Å²) in [6.45, 7) is 1.79. The standard InChI is InChI=1S/C25H27N5O7/c1-15-12-29(25(34)26-24(15)33)22-10-18(21(14-31)36-22)30-13-16(27-28-30)6-4-5-9-35-20-11-23(32)37-19-8-3-2-7-17(19)20/h2-3,7-8,11-13,18,21-22,31H,4-6,9-10,14H2,1H3,(H,26,33,34)/t18-,21+,22+/m0/s1. The smallest absolute Gasteiger partial charge is 0.339 e. The van der Waals surface area contributed by atoms with Crippen LogP contribution in [0, 0.1) is 6.92 Å². The van der Waals surface area contributed by atoms with Gasteiger partial charge in [-0.3, -0.25) is 14.3 Å². The predicted molar refractivity (Wildman–Crippen MR) is 132 cm³/mol. The van der Waals surface area contributed by atoms with Crippen LogP contribution in [0.4, 0.5) is 0 Å². The first kappa shape index (κ1) is 24.7. The van der Waals surface area contributed by atoms with E-state index in [0.717, 1.165) is 23.9 Å². The maximum atomic E-state index is 12.3. The third kappa shape index (κ3) is 5.25. The molecule has 2 N–H and O–H groups in total. The van der Waals surface area contributed by atoms with Crippen molar-refractivity contribution in [3.8, 4) is 5.75 Å². The van der Waals surface area contributed by atoms with Gasteiger partial charge in [-0.1, -0.05) is 17.3 Å². The molecule has 0 aliphatic carbocycles. The molecule has 37 heavy (non-hydrogen) atoms. The van der Waals surface area contributed by atoms with E-state index in [1.807, 2.05) is 18.3 Å². The summed E-state index contributed by atoms with van der Waals surface area (Å²) in [5.74, 6) is 0.500. The fourth-order valence-corrected chi connectivity index (χ4v) is 4.51. The SMILES string of the molecule is Cc1cn([C@H]2C[C@H](n3cc(CCCCOc4cc(=O)oc5ccccc45)nn3)[C@@H](CO)O2)c(=O)[nH]c1=O. The van der Waals surface area contributed by atoms with E-state index in [2.05, 4.69) is 15.3 Å². The molecule has 12 nitrogen and oxygen atoms in total. The van der Waals surface area contributed by atoms with Crippen LogP contribution in [-0.2, 0) is 11.2 Å². The van der Waals surface area contributed by atoms with Crippen molar-refractivity contribution in [2.45, 2.75) is 51.0 Å². The zero-order chi connectivity index (χ0) is 25.9. The molecule has 3 aromatic heterocycles. The number of H-pyrrole nitrogens is 1. The minimum atomic E-state index is -0.647. The highest BCUT2D eigenvalue weighted by Crippen LogP contribution is 2.35. The van der Waals surface area contributed by atoms with Gasteiger partial charge in [-0.25, -0.2) is 14.3 Å². The van der Waals surface area contributed by atoms with Gasteiger partial charge < -0.3 is 19.0 Å². The number of aliphatic hydroxyl groups excluding tert-OH is 1. The average molecular weight is 510 g/mol. The Morgan fingerprint density at radius 2 is 2.03 bits per heavy atom. The Bertz CT molecular complexity index is 1570. The normalized spacial score (nSPS) is 19.5. The molecule has 194 valence electrons. The van der Waals surface area contributed by atoms with Crippen LogP contribution in [-0.4, -0.2) is 49.0 Å². The van der Waals surface area contributed by atoms with Crippen LogP contribution in [0.1, 0.15) is 42.8 Å². The van der Waals surface area contributed by atoms with Crippen molar-refractivity contribution in [1.82, 2.24) is 24.5 Å². The van der Waals surface area contributed by atoms with Crippen molar-refractivity contribution >= 4 is 11.0 Å². The number of aliphatic hydroxyl groups is 1. The number of fused-ring (bicyclic) bond motifs is 1. The van der Waals surface area contributed by atoms with Gasteiger partial charge in [-0.15, -0.1) is 5.10 Å². The van der Waals surface area contributed by atoms with Gasteiger partial charge in [0.1, 0.15) is 23.7 Å². The summed E-state index contributed by atoms with van der Waals surface area (Å²) in [6, 6.07) is 8.26. The Morgan fingerprint density at radius 3 is 2.86 bits per heavy atom. The second kappa shape index (κ2) is 10.5. The van der Waals surface area contributed by atoms with E-state index >= 15 is 0 Å². The number of nitrogens with zero attached hydrogens (tertiary/aromatic N) is 4. The average Bonchev–Trinajstić information content (AvgIpc) is 3.53. The Hall–Kier alpha value is -4.03. The molecule has 4 heterocycles. The lowest BCUT2D eigenvalue weighted by Gasteiger charge is -2.15. The summed E-state index contributed by atoms with van der Waals surface area (Å²) in [5.41, 5.74) is 0.199. The molecular weight excluding hydrogens is 482 g/mol. The molecule has 5 rings (SSSR count). The summed E-state index contributed by atoms with van der Waals surface area (Å²) in [4.78, 5) is 38.0. The molecule has 0 saturated carbocycles. The second-order valence-corrected chi connectivity index (χ2v) is 9.01. The molecule has 0 amide bonds. The number of nitrogens with one attached hydrogen (secondary N) is 1. The highest BCUT2D eigenvalue weighted by atomic mass is 16.5. The first-order valence-electron chi connectivity index (χ1n) is 12.1. The maximum absolute atomic E-state index is 12.3. The molecule has 1 fully saturated rings. The topological polar surface area (TPSA) is 154 Å². The van der Waals surface area contributed by atoms with E-state index < -0.39 is 29.2 Å². The highest BCUT2D eigenvalue weighted by Gasteiger charge is 2.38. The lowest BCUT2D eigenvalue weighted by atomic mass is 10.1. The number of aromatic nitrogens is 5. The van der Waals surface area contributed by atoms with E-state index in [0.29, 0.717) is 36.3 Å². The maximum Gasteiger partial charge on any atom is 0.339 e. The van der Waals surface area contributed by atoms with E-state index in [1.54, 1.807) is 23.7 Å². The molecule has 1 aliphatic heterocycles. The highest BCUT2D eigenvalue weighted by molar-refractivity contribution is 5.82. The third-order valence-electron chi connectivity index (χ3n) is 6.43. The third-order valence-corrected chi connectivity index (χ3v) is 6.43. The number of aromatic amines is 1. The number of aryl methyl sites for hydroxylation is 2. The number of benzene rings is 1. The summed E-state index contributed by atoms with van der Waals surface area (Å²) in [7, 11) is 0. The van der Waals surface area contributed by atoms with E-state index in [9.17, 15) is 19.5 Å². The Labute approximate surface area is 210 Å². The molecule has 1 saturated heterocycles. The number of rotatable bonds is 9. The van der Waals surface area contributed by atoms with E-state index in [-0.39, 0.29) is 12.6 Å². The van der Waals surface area contributed by atoms with Crippen LogP contribution < -0.4 is 21.6 Å². The Balaban J connectivity index is 1.17. The van der Waals surface area contributed by atoms with E-state index in [4.69, 9.17) is 13.9 Å². The Morgan fingerprint density at radius 1 is 1.19 bits per heavy atom. The van der Waals surface area contributed by atoms with Gasteiger partial charge in [0.2, 0.25) is 0 Å². The number of hydrogen-bond acceptors (Lipinski definition) is 9. The lowest BCUT2D eigenvalue weighted by Crippen LogP contribution is -2.33. The largest absolute Gasteiger partial charge is 0.493 e. The van der Waals surface area contributed by atoms with Crippen LogP contribution in [0.5, 0.6) is 5.75 Å². The molecule has 12 heteroatoms. The van der Waals surface area contributed by atoms with Gasteiger partial charge >= 0.3 is 11.3 Å². The monoisotopic (exact) mass is 509 g/mol. The molecule has 1 aromatic carbocycles. The minimum Gasteiger partial charge on any atom is -0.493 e. The van der Waals surface area contributed by atoms with Gasteiger partial charge in [0, 0.05) is 24.4 Å². The number of hydrogen-bond donors (Lipinski definition) is 2. The summed E-state index contributed by atoms with van der Waals surface area (Å²) in [5, 5.41) is 19.1. The van der Waals surface area contributed by atoms with Crippen molar-refractivity contribution in [3.63, 3.8) is 0 Å². The van der Waals surface area contributed by atoms with Crippen LogP contribution >= 0.6 is 0 Å². The van der Waals surface area contributed by atoms with Gasteiger partial charge in [-0.2, -0.15) is 0 Å². The van der Waals surface area contributed by atoms with Gasteiger partial charge in [0.15, 0.2) is 0 Å². The molecule has 0 radical (unpaired) electrons. The van der Waals surface area contributed by atoms with Crippen molar-refractivity contribution in [1.29, 1.82) is 0 Å². The quantitative estimate of drug-likeness (QED) is 0.252. The van der Waals surface area contributed by atoms with Crippen LogP contribution in [0.25, 0.3) is 11.0 Å². The Kier molecular flexibility index (Phi) is 7.01. The van der Waals surface area contributed by atoms with Crippen molar-refractivity contribution < 1.29 is 19.0 Å². The lowest BCUT2D eigenvalue weighted by molar-refractivity contribution is -0.0323. The van der Waals surface area contributed by atoms with Gasteiger partial charge in [0.25, 0.3) is 5.56 Å². The fourth-order valence-electron chi connectivity index (χ4n) is 4.51. The molecule has 4 aromatic rings. The van der Waals surface area contributed by atoms with E-state index in [1.165, 1.54) is 16.8 Å². The fraction of sp³-hybridized carbons (Fsp3) is 0.400. The van der Waals surface area contributed by atoms with Gasteiger partial charge in [0.05, 0.1) is 36.4 Å².